The molecule has 0 heterocycles. The predicted molar refractivity (Wildman–Crippen MR) is 105 cm³/mol. The highest BCUT2D eigenvalue weighted by Gasteiger charge is 2.43. The maximum Gasteiger partial charge on any atom is 0.203 e. The molecule has 2 aliphatic carbocycles. The third-order valence-electron chi connectivity index (χ3n) is 5.57. The highest BCUT2D eigenvalue weighted by molar-refractivity contribution is 5.94. The molecule has 2 aliphatic rings. The van der Waals surface area contributed by atoms with Crippen LogP contribution >= 0.6 is 0 Å². The van der Waals surface area contributed by atoms with E-state index < -0.39 is 0 Å². The molecule has 0 aliphatic heterocycles. The number of methoxy groups -OCH3 is 3. The Morgan fingerprint density at radius 1 is 1.00 bits per heavy atom. The molecular weight excluding hydrogens is 330 g/mol. The van der Waals surface area contributed by atoms with Crippen molar-refractivity contribution in [1.82, 2.24) is 5.32 Å². The van der Waals surface area contributed by atoms with E-state index in [0.717, 1.165) is 23.5 Å². The Balaban J connectivity index is 1.63. The van der Waals surface area contributed by atoms with Gasteiger partial charge in [0.05, 0.1) is 21.3 Å². The number of guanidine groups is 1. The van der Waals surface area contributed by atoms with Crippen LogP contribution in [-0.2, 0) is 0 Å². The van der Waals surface area contributed by atoms with Crippen molar-refractivity contribution < 1.29 is 14.2 Å². The van der Waals surface area contributed by atoms with E-state index in [-0.39, 0.29) is 0 Å². The molecule has 26 heavy (non-hydrogen) atoms. The van der Waals surface area contributed by atoms with Gasteiger partial charge in [0.2, 0.25) is 5.75 Å². The highest BCUT2D eigenvalue weighted by Crippen LogP contribution is 2.44. The van der Waals surface area contributed by atoms with Crippen molar-refractivity contribution in [3.05, 3.63) is 12.1 Å². The van der Waals surface area contributed by atoms with Crippen LogP contribution in [0.3, 0.4) is 0 Å². The monoisotopic (exact) mass is 361 g/mol. The first-order valence-electron chi connectivity index (χ1n) is 9.50. The molecule has 1 aromatic carbocycles. The summed E-state index contributed by atoms with van der Waals surface area (Å²) in [5.74, 6) is 4.30. The van der Waals surface area contributed by atoms with Gasteiger partial charge in [0.15, 0.2) is 17.5 Å². The molecule has 2 N–H and O–H groups in total. The minimum atomic E-state index is 0.534. The summed E-state index contributed by atoms with van der Waals surface area (Å²) in [6.07, 6.45) is 8.23. The smallest absolute Gasteiger partial charge is 0.203 e. The van der Waals surface area contributed by atoms with Crippen molar-refractivity contribution in [2.45, 2.75) is 44.6 Å². The Bertz CT molecular complexity index is 616. The summed E-state index contributed by atoms with van der Waals surface area (Å²) >= 11 is 0. The van der Waals surface area contributed by atoms with Crippen molar-refractivity contribution in [3.63, 3.8) is 0 Å². The van der Waals surface area contributed by atoms with Gasteiger partial charge in [-0.05, 0) is 18.3 Å². The zero-order valence-electron chi connectivity index (χ0n) is 16.3. The zero-order valence-corrected chi connectivity index (χ0v) is 16.3. The van der Waals surface area contributed by atoms with E-state index in [2.05, 4.69) is 15.6 Å². The molecule has 2 unspecified atom stereocenters. The number of ether oxygens (including phenoxy) is 3. The molecule has 0 bridgehead atoms. The van der Waals surface area contributed by atoms with Gasteiger partial charge < -0.3 is 24.8 Å². The first kappa shape index (κ1) is 18.7. The summed E-state index contributed by atoms with van der Waals surface area (Å²) in [4.78, 5) is 4.38. The van der Waals surface area contributed by atoms with Gasteiger partial charge in [-0.15, -0.1) is 0 Å². The van der Waals surface area contributed by atoms with Crippen molar-refractivity contribution in [1.29, 1.82) is 0 Å². The van der Waals surface area contributed by atoms with E-state index >= 15 is 0 Å². The number of anilines is 1. The van der Waals surface area contributed by atoms with Crippen LogP contribution < -0.4 is 24.8 Å². The maximum absolute atomic E-state index is 5.42. The summed E-state index contributed by atoms with van der Waals surface area (Å²) in [6.45, 7) is 0. The number of hydrogen-bond acceptors (Lipinski definition) is 4. The molecule has 6 nitrogen and oxygen atoms in total. The van der Waals surface area contributed by atoms with Crippen LogP contribution in [0.4, 0.5) is 5.69 Å². The lowest BCUT2D eigenvalue weighted by atomic mass is 9.85. The zero-order chi connectivity index (χ0) is 18.5. The van der Waals surface area contributed by atoms with Crippen molar-refractivity contribution in [3.8, 4) is 17.2 Å². The first-order chi connectivity index (χ1) is 12.7. The first-order valence-corrected chi connectivity index (χ1v) is 9.50. The van der Waals surface area contributed by atoms with Gasteiger partial charge in [0.25, 0.3) is 0 Å². The molecule has 144 valence electrons. The number of rotatable bonds is 6. The SMILES string of the molecule is CN=C(Nc1cc(OC)c(OC)c(OC)c1)NC1CC1C1CCCCC1. The van der Waals surface area contributed by atoms with Crippen LogP contribution in [0.2, 0.25) is 0 Å². The molecule has 0 saturated heterocycles. The number of benzene rings is 1. The van der Waals surface area contributed by atoms with E-state index in [1.165, 1.54) is 38.5 Å². The number of hydrogen-bond donors (Lipinski definition) is 2. The van der Waals surface area contributed by atoms with Crippen LogP contribution in [0, 0.1) is 11.8 Å². The van der Waals surface area contributed by atoms with Gasteiger partial charge in [-0.1, -0.05) is 32.1 Å². The summed E-state index contributed by atoms with van der Waals surface area (Å²) in [5.41, 5.74) is 0.850. The Morgan fingerprint density at radius 3 is 2.19 bits per heavy atom. The minimum absolute atomic E-state index is 0.534. The number of nitrogens with one attached hydrogen (secondary N) is 2. The van der Waals surface area contributed by atoms with E-state index in [1.807, 2.05) is 12.1 Å². The van der Waals surface area contributed by atoms with Crippen LogP contribution in [0.1, 0.15) is 38.5 Å². The molecule has 2 fully saturated rings. The Labute approximate surface area is 156 Å². The van der Waals surface area contributed by atoms with Crippen LogP contribution in [0.15, 0.2) is 17.1 Å². The second kappa shape index (κ2) is 8.52. The van der Waals surface area contributed by atoms with E-state index in [1.54, 1.807) is 28.4 Å². The van der Waals surface area contributed by atoms with Gasteiger partial charge in [-0.2, -0.15) is 0 Å². The third kappa shape index (κ3) is 4.17. The molecule has 0 radical (unpaired) electrons. The molecular formula is C20H31N3O3. The summed E-state index contributed by atoms with van der Waals surface area (Å²) in [7, 11) is 6.64. The lowest BCUT2D eigenvalue weighted by Gasteiger charge is -2.22. The second-order valence-corrected chi connectivity index (χ2v) is 7.16. The normalized spacial score (nSPS) is 23.3. The molecule has 1 aromatic rings. The van der Waals surface area contributed by atoms with Gasteiger partial charge in [0, 0.05) is 30.9 Å². The molecule has 6 heteroatoms. The predicted octanol–water partition coefficient (Wildman–Crippen LogP) is 3.67. The number of nitrogens with zero attached hydrogens (tertiary/aromatic N) is 1. The lowest BCUT2D eigenvalue weighted by molar-refractivity contribution is 0.316. The average molecular weight is 361 g/mol. The van der Waals surface area contributed by atoms with E-state index in [9.17, 15) is 0 Å². The molecule has 3 rings (SSSR count). The summed E-state index contributed by atoms with van der Waals surface area (Å²) < 4.78 is 16.2. The second-order valence-electron chi connectivity index (χ2n) is 7.16. The Kier molecular flexibility index (Phi) is 6.12. The topological polar surface area (TPSA) is 64.1 Å². The summed E-state index contributed by atoms with van der Waals surface area (Å²) in [6, 6.07) is 4.31. The quantitative estimate of drug-likeness (QED) is 0.598. The number of aliphatic imine (C=N–C) groups is 1. The fraction of sp³-hybridized carbons (Fsp3) is 0.650. The van der Waals surface area contributed by atoms with Crippen LogP contribution in [0.5, 0.6) is 17.2 Å². The van der Waals surface area contributed by atoms with Crippen molar-refractivity contribution >= 4 is 11.6 Å². The van der Waals surface area contributed by atoms with Gasteiger partial charge in [0.1, 0.15) is 0 Å². The van der Waals surface area contributed by atoms with E-state index in [0.29, 0.717) is 23.3 Å². The van der Waals surface area contributed by atoms with Crippen LogP contribution in [-0.4, -0.2) is 40.4 Å². The Morgan fingerprint density at radius 2 is 1.65 bits per heavy atom. The largest absolute Gasteiger partial charge is 0.493 e. The highest BCUT2D eigenvalue weighted by atomic mass is 16.5. The summed E-state index contributed by atoms with van der Waals surface area (Å²) in [5, 5.41) is 6.91. The fourth-order valence-corrected chi connectivity index (χ4v) is 4.09. The Hall–Kier alpha value is -2.11. The lowest BCUT2D eigenvalue weighted by Crippen LogP contribution is -2.34. The third-order valence-corrected chi connectivity index (χ3v) is 5.57. The standard InChI is InChI=1S/C20H31N3O3/c1-21-20(23-16-12-15(16)13-8-6-5-7-9-13)22-14-10-17(24-2)19(26-4)18(11-14)25-3/h10-11,13,15-16H,5-9,12H2,1-4H3,(H2,21,22,23). The van der Waals surface area contributed by atoms with Crippen molar-refractivity contribution in [2.24, 2.45) is 16.8 Å². The fourth-order valence-electron chi connectivity index (χ4n) is 4.09. The molecule has 2 saturated carbocycles. The van der Waals surface area contributed by atoms with E-state index in [4.69, 9.17) is 14.2 Å². The van der Waals surface area contributed by atoms with Gasteiger partial charge >= 0.3 is 0 Å². The van der Waals surface area contributed by atoms with Crippen LogP contribution in [0.25, 0.3) is 0 Å². The maximum atomic E-state index is 5.42. The molecule has 0 amide bonds. The van der Waals surface area contributed by atoms with Gasteiger partial charge in [-0.25, -0.2) is 0 Å². The molecule has 0 spiro atoms. The van der Waals surface area contributed by atoms with Crippen molar-refractivity contribution in [2.75, 3.05) is 33.7 Å². The molecule has 2 atom stereocenters. The molecule has 0 aromatic heterocycles. The van der Waals surface area contributed by atoms with Gasteiger partial charge in [-0.3, -0.25) is 4.99 Å². The average Bonchev–Trinajstić information content (AvgIpc) is 3.46. The minimum Gasteiger partial charge on any atom is -0.493 e.